The number of unbranched alkanes of at least 4 members (excludes halogenated alkanes) is 1. The standard InChI is InChI=1S/C42H50N8O6.C3H6/c1-43-24-35(45-23-34-7-6-20-50(34)40(52)39(29-13-14-29)49-42(54)56-3)28-11-9-27(10-12-28)30-15-16-32-22-33(18-17-31(32)21-30)36-25-46-37(48-36)8-4-5-19-44-38(51)26-47-41(53)55-2;1-2-3-1/h9-12,15-18,21-22,24-25,29,34,39,45H,1,4-8,13-14,19-20,23,26H2,2-3H3,(H,44,51)(H,46,48)(H,47,53)(H,49,54);1-3H2/b35-24-;. The minimum absolute atomic E-state index is 0.00731. The Hall–Kier alpha value is -6.18. The summed E-state index contributed by atoms with van der Waals surface area (Å²) >= 11 is 0. The lowest BCUT2D eigenvalue weighted by Gasteiger charge is -2.30. The van der Waals surface area contributed by atoms with Gasteiger partial charge < -0.3 is 40.6 Å². The number of alkyl carbamates (subject to hydrolysis) is 2. The largest absolute Gasteiger partial charge is 0.453 e. The fourth-order valence-electron chi connectivity index (χ4n) is 7.06. The second kappa shape index (κ2) is 21.0. The Morgan fingerprint density at radius 2 is 1.56 bits per heavy atom. The molecule has 14 heteroatoms. The molecule has 2 atom stereocenters. The zero-order valence-electron chi connectivity index (χ0n) is 34.1. The predicted octanol–water partition coefficient (Wildman–Crippen LogP) is 6.58. The zero-order valence-corrected chi connectivity index (χ0v) is 34.1. The van der Waals surface area contributed by atoms with Crippen LogP contribution < -0.4 is 21.3 Å². The average Bonchev–Trinajstić information content (AvgIpc) is 4.22. The Kier molecular flexibility index (Phi) is 15.1. The van der Waals surface area contributed by atoms with Crippen molar-refractivity contribution in [2.24, 2.45) is 10.9 Å². The number of fused-ring (bicyclic) bond motifs is 1. The molecule has 5 N–H and O–H groups in total. The van der Waals surface area contributed by atoms with E-state index in [9.17, 15) is 19.2 Å². The molecule has 2 saturated carbocycles. The third-order valence-electron chi connectivity index (χ3n) is 10.6. The van der Waals surface area contributed by atoms with E-state index in [2.05, 4.69) is 108 Å². The number of aliphatic imine (C=N–C) groups is 1. The number of amides is 4. The highest BCUT2D eigenvalue weighted by atomic mass is 16.5. The van der Waals surface area contributed by atoms with Crippen molar-refractivity contribution in [2.75, 3.05) is 40.4 Å². The number of likely N-dealkylation sites (tertiary alicyclic amines) is 1. The number of H-pyrrole nitrogens is 1. The van der Waals surface area contributed by atoms with Crippen molar-refractivity contribution >= 4 is 47.2 Å². The average molecular weight is 805 g/mol. The van der Waals surface area contributed by atoms with Crippen LogP contribution in [0.25, 0.3) is 38.9 Å². The predicted molar refractivity (Wildman–Crippen MR) is 229 cm³/mol. The summed E-state index contributed by atoms with van der Waals surface area (Å²) in [6.07, 6.45) is 12.9. The number of methoxy groups -OCH3 is 2. The maximum Gasteiger partial charge on any atom is 0.407 e. The van der Waals surface area contributed by atoms with Crippen LogP contribution in [0.1, 0.15) is 69.2 Å². The fraction of sp³-hybridized carbons (Fsp3) is 0.422. The zero-order chi connectivity index (χ0) is 41.6. The van der Waals surface area contributed by atoms with Crippen molar-refractivity contribution < 1.29 is 28.7 Å². The smallest absolute Gasteiger partial charge is 0.407 e. The number of benzene rings is 3. The number of rotatable bonds is 17. The van der Waals surface area contributed by atoms with Crippen LogP contribution in [0.5, 0.6) is 0 Å². The Morgan fingerprint density at radius 3 is 2.24 bits per heavy atom. The molecule has 0 bridgehead atoms. The maximum atomic E-state index is 13.5. The minimum Gasteiger partial charge on any atom is -0.453 e. The normalized spacial score (nSPS) is 16.3. The van der Waals surface area contributed by atoms with E-state index >= 15 is 0 Å². The summed E-state index contributed by atoms with van der Waals surface area (Å²) in [5.41, 5.74) is 5.95. The lowest BCUT2D eigenvalue weighted by Crippen LogP contribution is -2.52. The molecule has 0 radical (unpaired) electrons. The molecule has 4 amide bonds. The summed E-state index contributed by atoms with van der Waals surface area (Å²) < 4.78 is 9.24. The lowest BCUT2D eigenvalue weighted by molar-refractivity contribution is -0.134. The number of hydrogen-bond acceptors (Lipinski definition) is 9. The second-order valence-corrected chi connectivity index (χ2v) is 15.2. The van der Waals surface area contributed by atoms with Gasteiger partial charge in [0.15, 0.2) is 0 Å². The monoisotopic (exact) mass is 804 g/mol. The summed E-state index contributed by atoms with van der Waals surface area (Å²) in [6, 6.07) is 20.6. The van der Waals surface area contributed by atoms with E-state index in [1.54, 1.807) is 6.20 Å². The summed E-state index contributed by atoms with van der Waals surface area (Å²) in [7, 11) is 2.56. The van der Waals surface area contributed by atoms with Crippen molar-refractivity contribution in [2.45, 2.75) is 76.3 Å². The molecule has 3 fully saturated rings. The van der Waals surface area contributed by atoms with Crippen LogP contribution in [0.4, 0.5) is 9.59 Å². The summed E-state index contributed by atoms with van der Waals surface area (Å²) in [6.45, 7) is 5.29. The number of ether oxygens (including phenoxy) is 2. The van der Waals surface area contributed by atoms with Crippen LogP contribution in [0.15, 0.2) is 78.1 Å². The van der Waals surface area contributed by atoms with Gasteiger partial charge in [-0.15, -0.1) is 0 Å². The highest BCUT2D eigenvalue weighted by Crippen LogP contribution is 2.35. The maximum absolute atomic E-state index is 13.5. The van der Waals surface area contributed by atoms with Crippen molar-refractivity contribution in [1.82, 2.24) is 36.1 Å². The van der Waals surface area contributed by atoms with Crippen LogP contribution >= 0.6 is 0 Å². The van der Waals surface area contributed by atoms with Crippen LogP contribution in [-0.4, -0.2) is 98.1 Å². The number of hydrogen-bond donors (Lipinski definition) is 5. The number of aryl methyl sites for hydroxylation is 1. The van der Waals surface area contributed by atoms with Gasteiger partial charge in [-0.3, -0.25) is 14.6 Å². The van der Waals surface area contributed by atoms with E-state index in [1.807, 2.05) is 11.1 Å². The molecule has 3 aromatic carbocycles. The molecule has 4 aromatic rings. The van der Waals surface area contributed by atoms with Crippen LogP contribution in [0, 0.1) is 5.92 Å². The van der Waals surface area contributed by atoms with Gasteiger partial charge >= 0.3 is 12.2 Å². The number of aromatic amines is 1. The van der Waals surface area contributed by atoms with Gasteiger partial charge in [0.25, 0.3) is 0 Å². The van der Waals surface area contributed by atoms with Gasteiger partial charge in [-0.2, -0.15) is 0 Å². The first-order chi connectivity index (χ1) is 28.8. The van der Waals surface area contributed by atoms with E-state index in [0.717, 1.165) is 95.2 Å². The van der Waals surface area contributed by atoms with Gasteiger partial charge in [-0.25, -0.2) is 14.6 Å². The molecule has 2 heterocycles. The number of nitrogens with zero attached hydrogens (tertiary/aromatic N) is 3. The van der Waals surface area contributed by atoms with Gasteiger partial charge in [0.2, 0.25) is 11.8 Å². The van der Waals surface area contributed by atoms with Crippen molar-refractivity contribution in [3.8, 4) is 22.4 Å². The van der Waals surface area contributed by atoms with Crippen LogP contribution in [-0.2, 0) is 25.5 Å². The Bertz CT molecular complexity index is 2110. The third kappa shape index (κ3) is 12.4. The first kappa shape index (κ1) is 42.4. The second-order valence-electron chi connectivity index (χ2n) is 15.2. The quantitative estimate of drug-likeness (QED) is 0.0587. The number of carbonyl (C=O) groups excluding carboxylic acids is 4. The number of carbonyl (C=O) groups is 4. The number of nitrogens with one attached hydrogen (secondary N) is 5. The highest BCUT2D eigenvalue weighted by Gasteiger charge is 2.42. The molecular weight excluding hydrogens is 749 g/mol. The van der Waals surface area contributed by atoms with E-state index in [4.69, 9.17) is 4.74 Å². The third-order valence-corrected chi connectivity index (χ3v) is 10.6. The summed E-state index contributed by atoms with van der Waals surface area (Å²) in [5.74, 6) is 0.745. The fourth-order valence-corrected chi connectivity index (χ4v) is 7.06. The van der Waals surface area contributed by atoms with Gasteiger partial charge in [0.1, 0.15) is 11.9 Å². The van der Waals surface area contributed by atoms with Crippen molar-refractivity contribution in [3.63, 3.8) is 0 Å². The highest BCUT2D eigenvalue weighted by molar-refractivity contribution is 5.91. The van der Waals surface area contributed by atoms with Crippen molar-refractivity contribution in [3.05, 3.63) is 84.4 Å². The molecule has 312 valence electrons. The van der Waals surface area contributed by atoms with E-state index in [0.29, 0.717) is 19.6 Å². The molecule has 1 aliphatic heterocycles. The molecule has 2 aliphatic carbocycles. The van der Waals surface area contributed by atoms with Gasteiger partial charge in [0.05, 0.1) is 38.4 Å². The molecular formula is C45H56N8O6. The molecule has 2 unspecified atom stereocenters. The van der Waals surface area contributed by atoms with Gasteiger partial charge in [0, 0.05) is 43.9 Å². The van der Waals surface area contributed by atoms with Gasteiger partial charge in [-0.1, -0.05) is 67.8 Å². The van der Waals surface area contributed by atoms with Gasteiger partial charge in [-0.05, 0) is 90.8 Å². The molecule has 3 aliphatic rings. The summed E-state index contributed by atoms with van der Waals surface area (Å²) in [4.78, 5) is 62.3. The van der Waals surface area contributed by atoms with E-state index < -0.39 is 18.2 Å². The number of aromatic nitrogens is 2. The first-order valence-electron chi connectivity index (χ1n) is 20.6. The molecule has 7 rings (SSSR count). The first-order valence-corrected chi connectivity index (χ1v) is 20.6. The molecule has 1 aromatic heterocycles. The Balaban J connectivity index is 0.00000186. The van der Waals surface area contributed by atoms with E-state index in [1.165, 1.54) is 33.5 Å². The minimum atomic E-state index is -0.636. The Morgan fingerprint density at radius 1 is 0.864 bits per heavy atom. The van der Waals surface area contributed by atoms with Crippen molar-refractivity contribution in [1.29, 1.82) is 0 Å². The molecule has 14 nitrogen and oxygen atoms in total. The van der Waals surface area contributed by atoms with Crippen LogP contribution in [0.2, 0.25) is 0 Å². The summed E-state index contributed by atoms with van der Waals surface area (Å²) in [5, 5.41) is 13.7. The molecule has 1 saturated heterocycles. The Labute approximate surface area is 345 Å². The molecule has 0 spiro atoms. The lowest BCUT2D eigenvalue weighted by atomic mass is 9.98. The topological polar surface area (TPSA) is 179 Å². The number of imidazole rings is 1. The molecule has 59 heavy (non-hydrogen) atoms. The van der Waals surface area contributed by atoms with Crippen LogP contribution in [0.3, 0.4) is 0 Å². The van der Waals surface area contributed by atoms with E-state index in [-0.39, 0.29) is 30.3 Å². The SMILES string of the molecule is C1CC1.C=N/C=C(\NCC1CCCN1C(=O)C(NC(=O)OC)C1CC1)c1ccc(-c2ccc3cc(-c4cnc(CCCCNC(=O)CNC(=O)OC)[nH]4)ccc3c2)cc1.